The lowest BCUT2D eigenvalue weighted by Gasteiger charge is -2.12. The third kappa shape index (κ3) is 5.01. The van der Waals surface area contributed by atoms with Crippen LogP contribution in [-0.2, 0) is 4.79 Å². The summed E-state index contributed by atoms with van der Waals surface area (Å²) < 4.78 is 10.7. The molecule has 0 atom stereocenters. The van der Waals surface area contributed by atoms with Crippen molar-refractivity contribution < 1.29 is 29.3 Å². The molecule has 2 amide bonds. The molecule has 0 heterocycles. The van der Waals surface area contributed by atoms with Gasteiger partial charge in [-0.25, -0.2) is 5.43 Å². The van der Waals surface area contributed by atoms with E-state index < -0.39 is 11.8 Å². The number of carbonyl (C=O) groups is 2. The monoisotopic (exact) mass is 479 g/mol. The Morgan fingerprint density at radius 2 is 1.77 bits per heavy atom. The van der Waals surface area contributed by atoms with Crippen molar-refractivity contribution in [1.82, 2.24) is 10.7 Å². The summed E-state index contributed by atoms with van der Waals surface area (Å²) in [5.74, 6) is -0.369. The molecule has 0 bridgehead atoms. The van der Waals surface area contributed by atoms with Gasteiger partial charge in [0.25, 0.3) is 11.8 Å². The molecule has 0 aliphatic heterocycles. The second-order valence-corrected chi connectivity index (χ2v) is 7.01. The molecule has 0 saturated carbocycles. The van der Waals surface area contributed by atoms with Crippen LogP contribution >= 0.6 is 15.9 Å². The minimum absolute atomic E-state index is 0.0657. The van der Waals surface area contributed by atoms with Gasteiger partial charge in [-0.3, -0.25) is 9.59 Å². The highest BCUT2D eigenvalue weighted by molar-refractivity contribution is 9.10. The number of phenols is 2. The number of nitrogens with one attached hydrogen (secondary N) is 2. The molecule has 30 heavy (non-hydrogen) atoms. The zero-order valence-electron chi connectivity index (χ0n) is 16.9. The normalized spacial score (nSPS) is 10.7. The molecule has 160 valence electrons. The summed E-state index contributed by atoms with van der Waals surface area (Å²) in [4.78, 5) is 24.2. The lowest BCUT2D eigenvalue weighted by Crippen LogP contribution is -2.34. The number of hydrogen-bond acceptors (Lipinski definition) is 7. The van der Waals surface area contributed by atoms with Crippen molar-refractivity contribution in [3.8, 4) is 23.0 Å². The summed E-state index contributed by atoms with van der Waals surface area (Å²) in [6.45, 7) is 2.91. The summed E-state index contributed by atoms with van der Waals surface area (Å²) in [6.07, 6.45) is 1.26. The number of carbonyl (C=O) groups excluding carboxylic acids is 2. The minimum atomic E-state index is -0.563. The largest absolute Gasteiger partial charge is 0.507 e. The van der Waals surface area contributed by atoms with Gasteiger partial charge in [0.05, 0.1) is 31.5 Å². The first kappa shape index (κ1) is 23.0. The molecule has 2 rings (SSSR count). The van der Waals surface area contributed by atoms with Gasteiger partial charge in [0.1, 0.15) is 11.5 Å². The molecule has 0 aliphatic carbocycles. The number of hydrazone groups is 1. The quantitative estimate of drug-likeness (QED) is 0.356. The maximum Gasteiger partial charge on any atom is 0.259 e. The van der Waals surface area contributed by atoms with E-state index in [-0.39, 0.29) is 23.6 Å². The van der Waals surface area contributed by atoms with E-state index in [1.54, 1.807) is 26.0 Å². The zero-order valence-corrected chi connectivity index (χ0v) is 18.5. The Bertz CT molecular complexity index is 978. The maximum absolute atomic E-state index is 12.2. The van der Waals surface area contributed by atoms with E-state index in [1.807, 2.05) is 0 Å². The Morgan fingerprint density at radius 1 is 1.10 bits per heavy atom. The Morgan fingerprint density at radius 3 is 2.40 bits per heavy atom. The molecular formula is C20H22BrN3O6. The fourth-order valence-corrected chi connectivity index (χ4v) is 3.07. The van der Waals surface area contributed by atoms with Crippen molar-refractivity contribution in [2.45, 2.75) is 13.8 Å². The van der Waals surface area contributed by atoms with Crippen molar-refractivity contribution >= 4 is 34.0 Å². The van der Waals surface area contributed by atoms with Crippen LogP contribution in [0, 0.1) is 13.8 Å². The van der Waals surface area contributed by atoms with Gasteiger partial charge in [0, 0.05) is 16.7 Å². The Kier molecular flexibility index (Phi) is 7.65. The summed E-state index contributed by atoms with van der Waals surface area (Å²) in [7, 11) is 2.94. The van der Waals surface area contributed by atoms with Crippen molar-refractivity contribution in [1.29, 1.82) is 0 Å². The number of methoxy groups -OCH3 is 2. The van der Waals surface area contributed by atoms with Crippen molar-refractivity contribution in [2.75, 3.05) is 20.8 Å². The van der Waals surface area contributed by atoms with Crippen LogP contribution in [0.5, 0.6) is 23.0 Å². The zero-order chi connectivity index (χ0) is 22.4. The molecule has 0 aromatic heterocycles. The molecule has 10 heteroatoms. The third-order valence-corrected chi connectivity index (χ3v) is 5.32. The lowest BCUT2D eigenvalue weighted by atomic mass is 10.0. The molecule has 2 aromatic carbocycles. The number of benzene rings is 2. The van der Waals surface area contributed by atoms with Gasteiger partial charge in [-0.1, -0.05) is 0 Å². The van der Waals surface area contributed by atoms with Crippen LogP contribution in [0.15, 0.2) is 27.8 Å². The van der Waals surface area contributed by atoms with Crippen LogP contribution in [0.25, 0.3) is 0 Å². The van der Waals surface area contributed by atoms with Crippen molar-refractivity contribution in [2.24, 2.45) is 5.10 Å². The van der Waals surface area contributed by atoms with Crippen LogP contribution in [-0.4, -0.2) is 49.0 Å². The van der Waals surface area contributed by atoms with E-state index in [4.69, 9.17) is 9.47 Å². The lowest BCUT2D eigenvalue weighted by molar-refractivity contribution is -0.120. The van der Waals surface area contributed by atoms with E-state index in [0.29, 0.717) is 32.7 Å². The molecule has 0 unspecified atom stereocenters. The van der Waals surface area contributed by atoms with Crippen LogP contribution < -0.4 is 20.2 Å². The van der Waals surface area contributed by atoms with Crippen LogP contribution in [0.1, 0.15) is 27.0 Å². The van der Waals surface area contributed by atoms with Crippen LogP contribution in [0.2, 0.25) is 0 Å². The number of phenolic OH excluding ortho intramolecular Hbond substituents is 2. The topological polar surface area (TPSA) is 129 Å². The second-order valence-electron chi connectivity index (χ2n) is 6.22. The smallest absolute Gasteiger partial charge is 0.259 e. The number of amides is 2. The predicted molar refractivity (Wildman–Crippen MR) is 115 cm³/mol. The van der Waals surface area contributed by atoms with Gasteiger partial charge >= 0.3 is 0 Å². The highest BCUT2D eigenvalue weighted by atomic mass is 79.9. The first-order valence-corrected chi connectivity index (χ1v) is 9.53. The molecule has 0 saturated heterocycles. The van der Waals surface area contributed by atoms with E-state index in [9.17, 15) is 19.8 Å². The molecule has 2 aromatic rings. The average molecular weight is 480 g/mol. The number of aromatic hydroxyl groups is 2. The van der Waals surface area contributed by atoms with Crippen LogP contribution in [0.4, 0.5) is 0 Å². The molecule has 9 nitrogen and oxygen atoms in total. The van der Waals surface area contributed by atoms with E-state index in [1.165, 1.54) is 26.5 Å². The van der Waals surface area contributed by atoms with Gasteiger partial charge in [-0.15, -0.1) is 0 Å². The van der Waals surface area contributed by atoms with Gasteiger partial charge in [-0.2, -0.15) is 5.10 Å². The Hall–Kier alpha value is -3.27. The fourth-order valence-electron chi connectivity index (χ4n) is 2.56. The summed E-state index contributed by atoms with van der Waals surface area (Å²) >= 11 is 3.24. The molecule has 4 N–H and O–H groups in total. The molecule has 0 spiro atoms. The summed E-state index contributed by atoms with van der Waals surface area (Å²) in [5, 5.41) is 26.4. The number of nitrogens with zero attached hydrogens (tertiary/aromatic N) is 1. The third-order valence-electron chi connectivity index (χ3n) is 4.34. The van der Waals surface area contributed by atoms with E-state index in [0.717, 1.165) is 0 Å². The van der Waals surface area contributed by atoms with Crippen molar-refractivity contribution in [3.63, 3.8) is 0 Å². The standard InChI is InChI=1S/C20H22BrN3O6/c1-10-13(18(26)11(2)19(27)17(10)21)8-23-24-16(25)9-22-20(28)12-5-6-14(29-3)15(7-12)30-4/h5-8,26-27H,9H2,1-4H3,(H,22,28)(H,24,25)/b23-8+. The molecule has 0 aliphatic rings. The molecule has 0 fully saturated rings. The van der Waals surface area contributed by atoms with Crippen molar-refractivity contribution in [3.05, 3.63) is 44.9 Å². The predicted octanol–water partition coefficient (Wildman–Crippen LogP) is 2.37. The van der Waals surface area contributed by atoms with E-state index in [2.05, 4.69) is 31.8 Å². The SMILES string of the molecule is COc1ccc(C(=O)NCC(=O)N/N=C/c2c(C)c(Br)c(O)c(C)c2O)cc1OC. The number of ether oxygens (including phenoxy) is 2. The van der Waals surface area contributed by atoms with Gasteiger partial charge in [-0.05, 0) is 53.5 Å². The molecule has 0 radical (unpaired) electrons. The summed E-state index contributed by atoms with van der Waals surface area (Å²) in [5.41, 5.74) is 3.74. The first-order chi connectivity index (χ1) is 14.2. The van der Waals surface area contributed by atoms with Gasteiger partial charge < -0.3 is 25.0 Å². The average Bonchev–Trinajstić information content (AvgIpc) is 2.76. The number of hydrogen-bond donors (Lipinski definition) is 4. The second kappa shape index (κ2) is 9.97. The first-order valence-electron chi connectivity index (χ1n) is 8.73. The number of rotatable bonds is 7. The Balaban J connectivity index is 1.98. The Labute approximate surface area is 181 Å². The van der Waals surface area contributed by atoms with E-state index >= 15 is 0 Å². The highest BCUT2D eigenvalue weighted by Crippen LogP contribution is 2.39. The maximum atomic E-state index is 12.2. The minimum Gasteiger partial charge on any atom is -0.507 e. The fraction of sp³-hybridized carbons (Fsp3) is 0.250. The van der Waals surface area contributed by atoms with Gasteiger partial charge in [0.2, 0.25) is 0 Å². The highest BCUT2D eigenvalue weighted by Gasteiger charge is 2.16. The summed E-state index contributed by atoms with van der Waals surface area (Å²) in [6, 6.07) is 4.63. The van der Waals surface area contributed by atoms with Gasteiger partial charge in [0.15, 0.2) is 11.5 Å². The molecular weight excluding hydrogens is 458 g/mol. The van der Waals surface area contributed by atoms with Crippen LogP contribution in [0.3, 0.4) is 0 Å². The number of halogens is 1.